The van der Waals surface area contributed by atoms with E-state index in [1.54, 1.807) is 0 Å². The molecular weight excluding hydrogens is 182 g/mol. The van der Waals surface area contributed by atoms with Crippen molar-refractivity contribution in [2.45, 2.75) is 45.3 Å². The zero-order valence-corrected chi connectivity index (χ0v) is 9.75. The van der Waals surface area contributed by atoms with Crippen LogP contribution >= 0.6 is 11.8 Å². The average molecular weight is 203 g/mol. The molecule has 13 heavy (non-hydrogen) atoms. The Labute approximate surface area is 85.9 Å². The van der Waals surface area contributed by atoms with E-state index < -0.39 is 0 Å². The normalized spacial score (nSPS) is 12.5. The van der Waals surface area contributed by atoms with E-state index in [4.69, 9.17) is 0 Å². The molecule has 0 aromatic carbocycles. The number of hydrogen-bond acceptors (Lipinski definition) is 2. The van der Waals surface area contributed by atoms with E-state index in [2.05, 4.69) is 26.1 Å². The van der Waals surface area contributed by atoms with E-state index in [0.717, 1.165) is 18.7 Å². The van der Waals surface area contributed by atoms with Crippen LogP contribution in [0.4, 0.5) is 0 Å². The number of carbonyl (C=O) groups is 1. The highest BCUT2D eigenvalue weighted by atomic mass is 32.2. The molecule has 0 radical (unpaired) electrons. The second kappa shape index (κ2) is 8.42. The van der Waals surface area contributed by atoms with Gasteiger partial charge < -0.3 is 5.32 Å². The summed E-state index contributed by atoms with van der Waals surface area (Å²) < 4.78 is 0. The van der Waals surface area contributed by atoms with Crippen molar-refractivity contribution >= 4 is 17.7 Å². The minimum Gasteiger partial charge on any atom is -0.356 e. The summed E-state index contributed by atoms with van der Waals surface area (Å²) in [5.74, 6) is 1.35. The second-order valence-corrected chi connectivity index (χ2v) is 4.78. The molecule has 0 saturated carbocycles. The minimum atomic E-state index is 0.193. The van der Waals surface area contributed by atoms with Gasteiger partial charge in [-0.15, -0.1) is 0 Å². The molecule has 1 amide bonds. The summed E-state index contributed by atoms with van der Waals surface area (Å²) in [5, 5.41) is 3.34. The Kier molecular flexibility index (Phi) is 8.30. The molecule has 0 aromatic heterocycles. The van der Waals surface area contributed by atoms with Crippen molar-refractivity contribution in [3.05, 3.63) is 0 Å². The molecule has 0 aliphatic carbocycles. The van der Waals surface area contributed by atoms with Crippen molar-refractivity contribution in [2.24, 2.45) is 0 Å². The molecule has 0 aromatic rings. The van der Waals surface area contributed by atoms with Crippen molar-refractivity contribution in [1.29, 1.82) is 0 Å². The monoisotopic (exact) mass is 203 g/mol. The zero-order valence-electron chi connectivity index (χ0n) is 8.93. The van der Waals surface area contributed by atoms with Crippen LogP contribution in [0.3, 0.4) is 0 Å². The molecule has 1 unspecified atom stereocenters. The van der Waals surface area contributed by atoms with Gasteiger partial charge in [-0.3, -0.25) is 4.79 Å². The van der Waals surface area contributed by atoms with Crippen molar-refractivity contribution in [3.8, 4) is 0 Å². The predicted molar refractivity (Wildman–Crippen MR) is 60.1 cm³/mol. The van der Waals surface area contributed by atoms with E-state index in [9.17, 15) is 4.79 Å². The van der Waals surface area contributed by atoms with Gasteiger partial charge in [0, 0.05) is 18.2 Å². The summed E-state index contributed by atoms with van der Waals surface area (Å²) in [6.45, 7) is 7.16. The Hall–Kier alpha value is -0.180. The SMILES string of the molecule is CCCNC(=O)CC(C)SCCC. The maximum atomic E-state index is 11.3. The van der Waals surface area contributed by atoms with Crippen LogP contribution in [0.2, 0.25) is 0 Å². The molecule has 0 fully saturated rings. The number of rotatable bonds is 7. The lowest BCUT2D eigenvalue weighted by atomic mass is 10.3. The van der Waals surface area contributed by atoms with Gasteiger partial charge in [0.1, 0.15) is 0 Å². The third kappa shape index (κ3) is 8.16. The standard InChI is InChI=1S/C10H21NOS/c1-4-6-11-10(12)8-9(3)13-7-5-2/h9H,4-8H2,1-3H3,(H,11,12). The van der Waals surface area contributed by atoms with E-state index >= 15 is 0 Å². The lowest BCUT2D eigenvalue weighted by molar-refractivity contribution is -0.120. The van der Waals surface area contributed by atoms with Crippen LogP contribution in [0.5, 0.6) is 0 Å². The van der Waals surface area contributed by atoms with Crippen LogP contribution in [0.25, 0.3) is 0 Å². The minimum absolute atomic E-state index is 0.193. The molecule has 0 aliphatic heterocycles. The predicted octanol–water partition coefficient (Wildman–Crippen LogP) is 2.43. The van der Waals surface area contributed by atoms with E-state index in [-0.39, 0.29) is 5.91 Å². The smallest absolute Gasteiger partial charge is 0.221 e. The first-order valence-electron chi connectivity index (χ1n) is 5.09. The maximum absolute atomic E-state index is 11.3. The first-order chi connectivity index (χ1) is 6.20. The summed E-state index contributed by atoms with van der Waals surface area (Å²) in [6.07, 6.45) is 2.86. The van der Waals surface area contributed by atoms with Crippen LogP contribution in [0, 0.1) is 0 Å². The van der Waals surface area contributed by atoms with Gasteiger partial charge in [-0.2, -0.15) is 11.8 Å². The Morgan fingerprint density at radius 3 is 2.62 bits per heavy atom. The first kappa shape index (κ1) is 12.8. The van der Waals surface area contributed by atoms with E-state index in [0.29, 0.717) is 11.7 Å². The highest BCUT2D eigenvalue weighted by molar-refractivity contribution is 7.99. The van der Waals surface area contributed by atoms with Gasteiger partial charge >= 0.3 is 0 Å². The number of nitrogens with one attached hydrogen (secondary N) is 1. The van der Waals surface area contributed by atoms with E-state index in [1.807, 2.05) is 11.8 Å². The molecule has 0 rings (SSSR count). The first-order valence-corrected chi connectivity index (χ1v) is 6.13. The van der Waals surface area contributed by atoms with Crippen LogP contribution in [0.15, 0.2) is 0 Å². The van der Waals surface area contributed by atoms with Crippen molar-refractivity contribution in [2.75, 3.05) is 12.3 Å². The van der Waals surface area contributed by atoms with Gasteiger partial charge in [-0.1, -0.05) is 20.8 Å². The zero-order chi connectivity index (χ0) is 10.1. The molecule has 0 aliphatic rings. The fraction of sp³-hybridized carbons (Fsp3) is 0.900. The highest BCUT2D eigenvalue weighted by Crippen LogP contribution is 2.14. The third-order valence-corrected chi connectivity index (χ3v) is 3.03. The average Bonchev–Trinajstić information content (AvgIpc) is 2.11. The summed E-state index contributed by atoms with van der Waals surface area (Å²) in [5.41, 5.74) is 0. The topological polar surface area (TPSA) is 29.1 Å². The maximum Gasteiger partial charge on any atom is 0.221 e. The fourth-order valence-electron chi connectivity index (χ4n) is 0.976. The number of hydrogen-bond donors (Lipinski definition) is 1. The molecule has 0 spiro atoms. The number of carbonyl (C=O) groups excluding carboxylic acids is 1. The van der Waals surface area contributed by atoms with Crippen LogP contribution in [-0.4, -0.2) is 23.5 Å². The summed E-state index contributed by atoms with van der Waals surface area (Å²) in [6, 6.07) is 0. The van der Waals surface area contributed by atoms with Gasteiger partial charge in [-0.25, -0.2) is 0 Å². The lowest BCUT2D eigenvalue weighted by Gasteiger charge is -2.10. The largest absolute Gasteiger partial charge is 0.356 e. The third-order valence-electron chi connectivity index (χ3n) is 1.65. The Morgan fingerprint density at radius 2 is 2.08 bits per heavy atom. The number of thioether (sulfide) groups is 1. The second-order valence-electron chi connectivity index (χ2n) is 3.24. The molecule has 1 N–H and O–H groups in total. The fourth-order valence-corrected chi connectivity index (χ4v) is 1.88. The quantitative estimate of drug-likeness (QED) is 0.688. The summed E-state index contributed by atoms with van der Waals surface area (Å²) in [4.78, 5) is 11.3. The van der Waals surface area contributed by atoms with Gasteiger partial charge in [0.2, 0.25) is 5.91 Å². The Morgan fingerprint density at radius 1 is 1.38 bits per heavy atom. The van der Waals surface area contributed by atoms with E-state index in [1.165, 1.54) is 6.42 Å². The van der Waals surface area contributed by atoms with Crippen molar-refractivity contribution in [1.82, 2.24) is 5.32 Å². The van der Waals surface area contributed by atoms with Gasteiger partial charge in [0.15, 0.2) is 0 Å². The molecule has 78 valence electrons. The number of amides is 1. The van der Waals surface area contributed by atoms with Crippen LogP contribution in [0.1, 0.15) is 40.0 Å². The molecule has 0 bridgehead atoms. The van der Waals surface area contributed by atoms with Gasteiger partial charge in [0.25, 0.3) is 0 Å². The van der Waals surface area contributed by atoms with Crippen molar-refractivity contribution < 1.29 is 4.79 Å². The van der Waals surface area contributed by atoms with Gasteiger partial charge in [-0.05, 0) is 18.6 Å². The summed E-state index contributed by atoms with van der Waals surface area (Å²) >= 11 is 1.88. The lowest BCUT2D eigenvalue weighted by Crippen LogP contribution is -2.26. The molecule has 3 heteroatoms. The van der Waals surface area contributed by atoms with Crippen LogP contribution in [-0.2, 0) is 4.79 Å². The molecule has 1 atom stereocenters. The highest BCUT2D eigenvalue weighted by Gasteiger charge is 2.07. The summed E-state index contributed by atoms with van der Waals surface area (Å²) in [7, 11) is 0. The van der Waals surface area contributed by atoms with Gasteiger partial charge in [0.05, 0.1) is 0 Å². The molecule has 2 nitrogen and oxygen atoms in total. The molecular formula is C10H21NOS. The molecule has 0 heterocycles. The Bertz CT molecular complexity index is 139. The Balaban J connectivity index is 3.41. The van der Waals surface area contributed by atoms with Crippen LogP contribution < -0.4 is 5.32 Å². The molecule has 0 saturated heterocycles. The van der Waals surface area contributed by atoms with Crippen molar-refractivity contribution in [3.63, 3.8) is 0 Å².